The van der Waals surface area contributed by atoms with E-state index >= 15 is 0 Å². The molecule has 7 heteroatoms. The van der Waals surface area contributed by atoms with Crippen molar-refractivity contribution in [1.82, 2.24) is 4.31 Å². The molecule has 2 aromatic carbocycles. The number of carbonyl (C=O) groups is 1. The molecule has 0 spiro atoms. The summed E-state index contributed by atoms with van der Waals surface area (Å²) in [6.45, 7) is 9.00. The molecular weight excluding hydrogens is 404 g/mol. The second-order valence-corrected chi connectivity index (χ2v) is 10.8. The third kappa shape index (κ3) is 7.49. The molecule has 0 saturated carbocycles. The number of anilines is 1. The molecule has 0 heterocycles. The van der Waals surface area contributed by atoms with Gasteiger partial charge in [0.15, 0.2) is 0 Å². The molecule has 0 aromatic heterocycles. The largest absolute Gasteiger partial charge is 0.325 e. The Hall–Kier alpha value is -1.83. The number of nitrogens with zero attached hydrogens (tertiary/aromatic N) is 1. The molecule has 0 fully saturated rings. The standard InChI is InChI=1S/C22H30N2O3S2/c1-17(2)14-24(15-18(3)4)29(26,27)21-12-10-19(11-13-21)23-22(25)16-28-20-8-6-5-7-9-20/h5-13,17-18H,14-16H2,1-4H3,(H,23,25). The lowest BCUT2D eigenvalue weighted by atomic mass is 10.2. The molecule has 0 aliphatic heterocycles. The maximum atomic E-state index is 13.0. The van der Waals surface area contributed by atoms with E-state index in [1.165, 1.54) is 11.8 Å². The zero-order valence-corrected chi connectivity index (χ0v) is 19.1. The van der Waals surface area contributed by atoms with Gasteiger partial charge in [-0.15, -0.1) is 11.8 Å². The number of sulfonamides is 1. The van der Waals surface area contributed by atoms with Crippen LogP contribution in [-0.2, 0) is 14.8 Å². The smallest absolute Gasteiger partial charge is 0.243 e. The van der Waals surface area contributed by atoms with Gasteiger partial charge < -0.3 is 5.32 Å². The second kappa shape index (κ2) is 10.8. The molecule has 29 heavy (non-hydrogen) atoms. The zero-order valence-electron chi connectivity index (χ0n) is 17.5. The van der Waals surface area contributed by atoms with Crippen molar-refractivity contribution in [2.24, 2.45) is 11.8 Å². The topological polar surface area (TPSA) is 66.5 Å². The lowest BCUT2D eigenvalue weighted by Crippen LogP contribution is -2.37. The van der Waals surface area contributed by atoms with Crippen LogP contribution in [0.4, 0.5) is 5.69 Å². The number of nitrogens with one attached hydrogen (secondary N) is 1. The Morgan fingerprint density at radius 3 is 2.00 bits per heavy atom. The fourth-order valence-corrected chi connectivity index (χ4v) is 5.29. The van der Waals surface area contributed by atoms with Gasteiger partial charge in [-0.1, -0.05) is 45.9 Å². The predicted molar refractivity (Wildman–Crippen MR) is 121 cm³/mol. The number of rotatable bonds is 10. The third-order valence-corrected chi connectivity index (χ3v) is 6.88. The molecule has 158 valence electrons. The Bertz CT molecular complexity index is 870. The fraction of sp³-hybridized carbons (Fsp3) is 0.409. The van der Waals surface area contributed by atoms with Gasteiger partial charge in [0.1, 0.15) is 0 Å². The second-order valence-electron chi connectivity index (χ2n) is 7.78. The van der Waals surface area contributed by atoms with E-state index in [-0.39, 0.29) is 22.6 Å². The quantitative estimate of drug-likeness (QED) is 0.550. The van der Waals surface area contributed by atoms with Crippen LogP contribution >= 0.6 is 11.8 Å². The van der Waals surface area contributed by atoms with Crippen LogP contribution in [0, 0.1) is 11.8 Å². The summed E-state index contributed by atoms with van der Waals surface area (Å²) in [5.41, 5.74) is 0.585. The highest BCUT2D eigenvalue weighted by Crippen LogP contribution is 2.22. The highest BCUT2D eigenvalue weighted by Gasteiger charge is 2.25. The monoisotopic (exact) mass is 434 g/mol. The van der Waals surface area contributed by atoms with E-state index in [2.05, 4.69) is 5.32 Å². The van der Waals surface area contributed by atoms with E-state index in [0.29, 0.717) is 24.5 Å². The molecule has 5 nitrogen and oxygen atoms in total. The minimum absolute atomic E-state index is 0.129. The molecular formula is C22H30N2O3S2. The van der Waals surface area contributed by atoms with Crippen molar-refractivity contribution in [3.8, 4) is 0 Å². The van der Waals surface area contributed by atoms with E-state index in [0.717, 1.165) is 4.90 Å². The molecule has 0 saturated heterocycles. The maximum absolute atomic E-state index is 13.0. The summed E-state index contributed by atoms with van der Waals surface area (Å²) in [6, 6.07) is 16.1. The van der Waals surface area contributed by atoms with Gasteiger partial charge in [-0.05, 0) is 48.2 Å². The van der Waals surface area contributed by atoms with Gasteiger partial charge in [0.25, 0.3) is 0 Å². The first-order valence-electron chi connectivity index (χ1n) is 9.76. The molecule has 0 aliphatic carbocycles. The minimum atomic E-state index is -3.57. The van der Waals surface area contributed by atoms with Gasteiger partial charge in [0.2, 0.25) is 15.9 Å². The van der Waals surface area contributed by atoms with Crippen molar-refractivity contribution < 1.29 is 13.2 Å². The van der Waals surface area contributed by atoms with Crippen molar-refractivity contribution in [1.29, 1.82) is 0 Å². The van der Waals surface area contributed by atoms with Gasteiger partial charge in [-0.2, -0.15) is 4.31 Å². The van der Waals surface area contributed by atoms with Crippen LogP contribution < -0.4 is 5.32 Å². The number of hydrogen-bond donors (Lipinski definition) is 1. The number of hydrogen-bond acceptors (Lipinski definition) is 4. The molecule has 0 radical (unpaired) electrons. The van der Waals surface area contributed by atoms with E-state index < -0.39 is 10.0 Å². The lowest BCUT2D eigenvalue weighted by molar-refractivity contribution is -0.113. The number of amides is 1. The predicted octanol–water partition coefficient (Wildman–Crippen LogP) is 4.72. The molecule has 0 aliphatic rings. The van der Waals surface area contributed by atoms with Crippen LogP contribution in [-0.4, -0.2) is 37.5 Å². The number of carbonyl (C=O) groups excluding carboxylic acids is 1. The fourth-order valence-electron chi connectivity index (χ4n) is 2.81. The Kier molecular flexibility index (Phi) is 8.74. The van der Waals surface area contributed by atoms with E-state index in [9.17, 15) is 13.2 Å². The highest BCUT2D eigenvalue weighted by atomic mass is 32.2. The van der Waals surface area contributed by atoms with Crippen LogP contribution in [0.1, 0.15) is 27.7 Å². The van der Waals surface area contributed by atoms with Gasteiger partial charge in [0.05, 0.1) is 10.6 Å². The number of thioether (sulfide) groups is 1. The van der Waals surface area contributed by atoms with Crippen LogP contribution in [0.2, 0.25) is 0 Å². The number of benzene rings is 2. The molecule has 2 aromatic rings. The third-order valence-electron chi connectivity index (χ3n) is 4.03. The maximum Gasteiger partial charge on any atom is 0.243 e. The van der Waals surface area contributed by atoms with Crippen molar-refractivity contribution in [3.05, 3.63) is 54.6 Å². The zero-order chi connectivity index (χ0) is 21.4. The Labute approximate surface area is 178 Å². The van der Waals surface area contributed by atoms with Crippen LogP contribution in [0.15, 0.2) is 64.4 Å². The Morgan fingerprint density at radius 2 is 1.48 bits per heavy atom. The van der Waals surface area contributed by atoms with E-state index in [1.807, 2.05) is 58.0 Å². The van der Waals surface area contributed by atoms with Crippen LogP contribution in [0.25, 0.3) is 0 Å². The first-order valence-corrected chi connectivity index (χ1v) is 12.2. The highest BCUT2D eigenvalue weighted by molar-refractivity contribution is 8.00. The Balaban J connectivity index is 2.02. The van der Waals surface area contributed by atoms with E-state index in [4.69, 9.17) is 0 Å². The van der Waals surface area contributed by atoms with Crippen molar-refractivity contribution >= 4 is 33.4 Å². The summed E-state index contributed by atoms with van der Waals surface area (Å²) >= 11 is 1.46. The minimum Gasteiger partial charge on any atom is -0.325 e. The summed E-state index contributed by atoms with van der Waals surface area (Å²) in [6.07, 6.45) is 0. The summed E-state index contributed by atoms with van der Waals surface area (Å²) in [4.78, 5) is 13.4. The van der Waals surface area contributed by atoms with Gasteiger partial charge >= 0.3 is 0 Å². The normalized spacial score (nSPS) is 12.0. The average molecular weight is 435 g/mol. The molecule has 2 rings (SSSR count). The SMILES string of the molecule is CC(C)CN(CC(C)C)S(=O)(=O)c1ccc(NC(=O)CSc2ccccc2)cc1. The van der Waals surface area contributed by atoms with Crippen molar-refractivity contribution in [2.75, 3.05) is 24.2 Å². The average Bonchev–Trinajstić information content (AvgIpc) is 2.66. The first-order chi connectivity index (χ1) is 13.7. The summed E-state index contributed by atoms with van der Waals surface area (Å²) in [7, 11) is -3.57. The van der Waals surface area contributed by atoms with Gasteiger partial charge in [-0.25, -0.2) is 8.42 Å². The molecule has 1 N–H and O–H groups in total. The molecule has 0 bridgehead atoms. The van der Waals surface area contributed by atoms with E-state index in [1.54, 1.807) is 28.6 Å². The van der Waals surface area contributed by atoms with Crippen molar-refractivity contribution in [2.45, 2.75) is 37.5 Å². The first kappa shape index (κ1) is 23.4. The summed E-state index contributed by atoms with van der Waals surface area (Å²) < 4.78 is 27.6. The van der Waals surface area contributed by atoms with Crippen LogP contribution in [0.5, 0.6) is 0 Å². The van der Waals surface area contributed by atoms with Gasteiger partial charge in [-0.3, -0.25) is 4.79 Å². The molecule has 1 amide bonds. The Morgan fingerprint density at radius 1 is 0.931 bits per heavy atom. The lowest BCUT2D eigenvalue weighted by Gasteiger charge is -2.25. The van der Waals surface area contributed by atoms with Crippen molar-refractivity contribution in [3.63, 3.8) is 0 Å². The van der Waals surface area contributed by atoms with Gasteiger partial charge in [0, 0.05) is 23.7 Å². The van der Waals surface area contributed by atoms with Crippen LogP contribution in [0.3, 0.4) is 0 Å². The molecule has 0 atom stereocenters. The summed E-state index contributed by atoms with van der Waals surface area (Å²) in [5.74, 6) is 0.643. The molecule has 0 unspecified atom stereocenters. The summed E-state index contributed by atoms with van der Waals surface area (Å²) in [5, 5.41) is 2.82.